The molecule has 1 amide bonds. The van der Waals surface area contributed by atoms with Crippen molar-refractivity contribution in [1.82, 2.24) is 4.90 Å². The Balaban J connectivity index is 1.92. The number of carbonyl (C=O) groups is 1. The first-order valence-corrected chi connectivity index (χ1v) is 13.2. The molecule has 0 radical (unpaired) electrons. The van der Waals surface area contributed by atoms with E-state index in [0.29, 0.717) is 33.6 Å². The van der Waals surface area contributed by atoms with Crippen LogP contribution in [-0.4, -0.2) is 44.7 Å². The van der Waals surface area contributed by atoms with Crippen molar-refractivity contribution in [3.8, 4) is 11.5 Å². The number of hydrogen-bond donors (Lipinski definition) is 0. The summed E-state index contributed by atoms with van der Waals surface area (Å²) < 4.78 is 40.7. The van der Waals surface area contributed by atoms with Crippen LogP contribution in [0.5, 0.6) is 11.5 Å². The van der Waals surface area contributed by atoms with Crippen LogP contribution in [0.2, 0.25) is 5.02 Å². The second-order valence-corrected chi connectivity index (χ2v) is 10.3. The van der Waals surface area contributed by atoms with Crippen LogP contribution in [0.3, 0.4) is 0 Å². The molecule has 34 heavy (non-hydrogen) atoms. The number of unbranched alkanes of at least 4 members (excludes halogenated alkanes) is 1. The second kappa shape index (κ2) is 11.6. The summed E-state index contributed by atoms with van der Waals surface area (Å²) in [5, 5.41) is 0.463. The molecule has 3 rings (SSSR count). The van der Waals surface area contributed by atoms with Gasteiger partial charge in [0.25, 0.3) is 15.9 Å². The summed E-state index contributed by atoms with van der Waals surface area (Å²) in [6.07, 6.45) is 5.13. The molecule has 0 saturated carbocycles. The van der Waals surface area contributed by atoms with E-state index in [1.165, 1.54) is 35.2 Å². The van der Waals surface area contributed by atoms with Gasteiger partial charge in [0, 0.05) is 11.6 Å². The SMILES string of the molecule is C=CCN1C(=O)/C(=C/c2ccc(OCCCC)c(OC)c2)SC1=NS(=O)(=O)c1ccc(Cl)cc1. The van der Waals surface area contributed by atoms with E-state index >= 15 is 0 Å². The Morgan fingerprint density at radius 1 is 1.18 bits per heavy atom. The van der Waals surface area contributed by atoms with Gasteiger partial charge in [-0.25, -0.2) is 0 Å². The highest BCUT2D eigenvalue weighted by Gasteiger charge is 2.34. The highest BCUT2D eigenvalue weighted by Crippen LogP contribution is 2.35. The van der Waals surface area contributed by atoms with Gasteiger partial charge < -0.3 is 9.47 Å². The number of methoxy groups -OCH3 is 1. The van der Waals surface area contributed by atoms with Gasteiger partial charge in [-0.05, 0) is 66.2 Å². The number of sulfonamides is 1. The molecule has 0 aliphatic carbocycles. The molecule has 1 heterocycles. The zero-order valence-corrected chi connectivity index (χ0v) is 21.3. The van der Waals surface area contributed by atoms with Gasteiger partial charge in [-0.2, -0.15) is 8.42 Å². The Labute approximate surface area is 209 Å². The van der Waals surface area contributed by atoms with Crippen LogP contribution in [0.4, 0.5) is 0 Å². The molecule has 0 atom stereocenters. The van der Waals surface area contributed by atoms with Gasteiger partial charge in [0.15, 0.2) is 16.7 Å². The molecule has 1 aliphatic rings. The minimum Gasteiger partial charge on any atom is -0.493 e. The van der Waals surface area contributed by atoms with E-state index in [9.17, 15) is 13.2 Å². The largest absolute Gasteiger partial charge is 0.493 e. The average molecular weight is 521 g/mol. The fraction of sp³-hybridized carbons (Fsp3) is 0.250. The Kier molecular flexibility index (Phi) is 8.82. The van der Waals surface area contributed by atoms with Crippen LogP contribution < -0.4 is 9.47 Å². The molecule has 7 nitrogen and oxygen atoms in total. The van der Waals surface area contributed by atoms with Gasteiger partial charge in [-0.3, -0.25) is 9.69 Å². The van der Waals surface area contributed by atoms with E-state index in [0.717, 1.165) is 24.6 Å². The molecule has 0 N–H and O–H groups in total. The van der Waals surface area contributed by atoms with E-state index in [1.54, 1.807) is 25.3 Å². The lowest BCUT2D eigenvalue weighted by Crippen LogP contribution is -2.29. The van der Waals surface area contributed by atoms with Crippen molar-refractivity contribution in [1.29, 1.82) is 0 Å². The first-order chi connectivity index (χ1) is 16.3. The van der Waals surface area contributed by atoms with Crippen LogP contribution in [-0.2, 0) is 14.8 Å². The van der Waals surface area contributed by atoms with Crippen molar-refractivity contribution in [2.75, 3.05) is 20.3 Å². The monoisotopic (exact) mass is 520 g/mol. The Bertz CT molecular complexity index is 1220. The second-order valence-electron chi connectivity index (χ2n) is 7.23. The van der Waals surface area contributed by atoms with Crippen molar-refractivity contribution in [2.45, 2.75) is 24.7 Å². The molecular weight excluding hydrogens is 496 g/mol. The predicted molar refractivity (Wildman–Crippen MR) is 137 cm³/mol. The molecule has 2 aromatic carbocycles. The summed E-state index contributed by atoms with van der Waals surface area (Å²) in [7, 11) is -2.49. The zero-order valence-electron chi connectivity index (χ0n) is 18.9. The Morgan fingerprint density at radius 2 is 1.91 bits per heavy atom. The van der Waals surface area contributed by atoms with Crippen molar-refractivity contribution in [3.05, 3.63) is 70.6 Å². The topological polar surface area (TPSA) is 85.3 Å². The van der Waals surface area contributed by atoms with Gasteiger partial charge in [-0.1, -0.05) is 37.1 Å². The van der Waals surface area contributed by atoms with Crippen molar-refractivity contribution in [3.63, 3.8) is 0 Å². The standard InChI is InChI=1S/C24H25ClN2O5S2/c1-4-6-14-32-20-12-7-17(15-21(20)31-3)16-22-23(28)27(13-5-2)24(33-22)26-34(29,30)19-10-8-18(25)9-11-19/h5,7-12,15-16H,2,4,6,13-14H2,1,3H3/b22-16-,26-24?. The highest BCUT2D eigenvalue weighted by atomic mass is 35.5. The van der Waals surface area contributed by atoms with Gasteiger partial charge in [-0.15, -0.1) is 11.0 Å². The number of rotatable bonds is 10. The number of hydrogen-bond acceptors (Lipinski definition) is 6. The third kappa shape index (κ3) is 6.22. The average Bonchev–Trinajstić information content (AvgIpc) is 3.08. The highest BCUT2D eigenvalue weighted by molar-refractivity contribution is 8.19. The normalized spacial score (nSPS) is 16.3. The fourth-order valence-electron chi connectivity index (χ4n) is 3.00. The Morgan fingerprint density at radius 3 is 2.56 bits per heavy atom. The third-order valence-corrected chi connectivity index (χ3v) is 7.41. The summed E-state index contributed by atoms with van der Waals surface area (Å²) in [5.41, 5.74) is 0.705. The van der Waals surface area contributed by atoms with Crippen molar-refractivity contribution >= 4 is 50.5 Å². The predicted octanol–water partition coefficient (Wildman–Crippen LogP) is 5.37. The number of carbonyl (C=O) groups excluding carboxylic acids is 1. The van der Waals surface area contributed by atoms with Gasteiger partial charge >= 0.3 is 0 Å². The van der Waals surface area contributed by atoms with Crippen LogP contribution in [0.15, 0.2) is 69.3 Å². The maximum Gasteiger partial charge on any atom is 0.284 e. The zero-order chi connectivity index (χ0) is 24.7. The van der Waals surface area contributed by atoms with E-state index < -0.39 is 10.0 Å². The lowest BCUT2D eigenvalue weighted by atomic mass is 10.2. The van der Waals surface area contributed by atoms with E-state index in [-0.39, 0.29) is 22.5 Å². The van der Waals surface area contributed by atoms with E-state index in [1.807, 2.05) is 6.07 Å². The molecule has 1 fully saturated rings. The quantitative estimate of drug-likeness (QED) is 0.238. The summed E-state index contributed by atoms with van der Waals surface area (Å²) in [5.74, 6) is 0.799. The smallest absolute Gasteiger partial charge is 0.284 e. The molecule has 0 spiro atoms. The third-order valence-electron chi connectivity index (χ3n) is 4.75. The van der Waals surface area contributed by atoms with Crippen LogP contribution >= 0.6 is 23.4 Å². The molecule has 1 aliphatic heterocycles. The van der Waals surface area contributed by atoms with E-state index in [4.69, 9.17) is 21.1 Å². The number of benzene rings is 2. The first kappa shape index (κ1) is 25.9. The minimum absolute atomic E-state index is 0.0168. The van der Waals surface area contributed by atoms with Crippen molar-refractivity contribution in [2.24, 2.45) is 4.40 Å². The van der Waals surface area contributed by atoms with Crippen molar-refractivity contribution < 1.29 is 22.7 Å². The minimum atomic E-state index is -4.04. The fourth-order valence-corrected chi connectivity index (χ4v) is 5.32. The van der Waals surface area contributed by atoms with Crippen LogP contribution in [0, 0.1) is 0 Å². The number of thioether (sulfide) groups is 1. The summed E-state index contributed by atoms with van der Waals surface area (Å²) in [6, 6.07) is 11.0. The number of halogens is 1. The molecule has 0 unspecified atom stereocenters. The van der Waals surface area contributed by atoms with Crippen LogP contribution in [0.1, 0.15) is 25.3 Å². The molecule has 2 aromatic rings. The number of nitrogens with zero attached hydrogens (tertiary/aromatic N) is 2. The molecule has 0 aromatic heterocycles. The molecule has 0 bridgehead atoms. The summed E-state index contributed by atoms with van der Waals surface area (Å²) in [4.78, 5) is 14.6. The lowest BCUT2D eigenvalue weighted by molar-refractivity contribution is -0.121. The van der Waals surface area contributed by atoms with Gasteiger partial charge in [0.2, 0.25) is 0 Å². The number of amides is 1. The lowest BCUT2D eigenvalue weighted by Gasteiger charge is -2.12. The van der Waals surface area contributed by atoms with Crippen LogP contribution in [0.25, 0.3) is 6.08 Å². The molecule has 10 heteroatoms. The van der Waals surface area contributed by atoms with Gasteiger partial charge in [0.1, 0.15) is 0 Å². The summed E-state index contributed by atoms with van der Waals surface area (Å²) in [6.45, 7) is 6.44. The molecule has 180 valence electrons. The molecular formula is C24H25ClN2O5S2. The number of ether oxygens (including phenoxy) is 2. The molecule has 1 saturated heterocycles. The maximum atomic E-state index is 13.0. The Hall–Kier alpha value is -2.75. The van der Waals surface area contributed by atoms with E-state index in [2.05, 4.69) is 17.9 Å². The maximum absolute atomic E-state index is 13.0. The number of amidine groups is 1. The summed E-state index contributed by atoms with van der Waals surface area (Å²) >= 11 is 6.83. The van der Waals surface area contributed by atoms with Gasteiger partial charge in [0.05, 0.1) is 23.5 Å². The first-order valence-electron chi connectivity index (χ1n) is 10.5.